The maximum Gasteiger partial charge on any atom is 0.340 e. The van der Waals surface area contributed by atoms with Crippen molar-refractivity contribution in [3.05, 3.63) is 41.6 Å². The smallest absolute Gasteiger partial charge is 0.340 e. The van der Waals surface area contributed by atoms with E-state index in [9.17, 15) is 9.90 Å². The maximum atomic E-state index is 12.0. The fraction of sp³-hybridized carbons (Fsp3) is 0.368. The van der Waals surface area contributed by atoms with Crippen LogP contribution >= 0.6 is 0 Å². The van der Waals surface area contributed by atoms with Crippen molar-refractivity contribution >= 4 is 11.8 Å². The Morgan fingerprint density at radius 1 is 1.25 bits per heavy atom. The first-order chi connectivity index (χ1) is 11.6. The van der Waals surface area contributed by atoms with Gasteiger partial charge in [-0.25, -0.2) is 9.78 Å². The summed E-state index contributed by atoms with van der Waals surface area (Å²) in [6.07, 6.45) is 2.15. The lowest BCUT2D eigenvalue weighted by molar-refractivity contribution is 0.0698. The summed E-state index contributed by atoms with van der Waals surface area (Å²) in [5.41, 5.74) is 2.68. The summed E-state index contributed by atoms with van der Waals surface area (Å²) in [7, 11) is 0. The first-order valence-corrected chi connectivity index (χ1v) is 8.33. The van der Waals surface area contributed by atoms with E-state index in [0.717, 1.165) is 42.9 Å². The quantitative estimate of drug-likeness (QED) is 0.906. The Bertz CT molecular complexity index is 735. The van der Waals surface area contributed by atoms with Crippen LogP contribution in [0.25, 0.3) is 11.1 Å². The second kappa shape index (κ2) is 6.91. The number of rotatable bonds is 5. The summed E-state index contributed by atoms with van der Waals surface area (Å²) in [6, 6.07) is 9.39. The molecule has 2 aromatic rings. The monoisotopic (exact) mass is 326 g/mol. The van der Waals surface area contributed by atoms with Gasteiger partial charge in [0.25, 0.3) is 0 Å². The number of nitrogens with zero attached hydrogens (tertiary/aromatic N) is 2. The van der Waals surface area contributed by atoms with Crippen LogP contribution in [0.15, 0.2) is 30.3 Å². The van der Waals surface area contributed by atoms with Gasteiger partial charge in [-0.2, -0.15) is 0 Å². The fourth-order valence-corrected chi connectivity index (χ4v) is 3.15. The number of carboxylic acid groups (broad SMARTS) is 1. The van der Waals surface area contributed by atoms with Crippen LogP contribution in [0.5, 0.6) is 5.75 Å². The van der Waals surface area contributed by atoms with E-state index in [1.165, 1.54) is 0 Å². The van der Waals surface area contributed by atoms with E-state index in [1.807, 2.05) is 44.2 Å². The van der Waals surface area contributed by atoms with Crippen molar-refractivity contribution < 1.29 is 14.6 Å². The van der Waals surface area contributed by atoms with Crippen molar-refractivity contribution in [3.8, 4) is 16.9 Å². The lowest BCUT2D eigenvalue weighted by atomic mass is 9.99. The number of carbonyl (C=O) groups is 1. The second-order valence-corrected chi connectivity index (χ2v) is 5.97. The van der Waals surface area contributed by atoms with Gasteiger partial charge in [0.1, 0.15) is 17.1 Å². The highest BCUT2D eigenvalue weighted by atomic mass is 16.5. The normalized spacial score (nSPS) is 14.0. The zero-order chi connectivity index (χ0) is 17.1. The van der Waals surface area contributed by atoms with Crippen LogP contribution in [-0.4, -0.2) is 35.8 Å². The minimum atomic E-state index is -0.937. The molecule has 126 valence electrons. The van der Waals surface area contributed by atoms with Crippen LogP contribution in [0.3, 0.4) is 0 Å². The summed E-state index contributed by atoms with van der Waals surface area (Å²) in [6.45, 7) is 6.17. The SMILES string of the molecule is CCOc1ccc(-c2cc(C)nc(N3CCCC3)c2C(=O)O)cc1. The largest absolute Gasteiger partial charge is 0.494 e. The predicted octanol–water partition coefficient (Wildman–Crippen LogP) is 3.75. The number of hydrogen-bond acceptors (Lipinski definition) is 4. The van der Waals surface area contributed by atoms with Crippen LogP contribution in [-0.2, 0) is 0 Å². The Balaban J connectivity index is 2.10. The second-order valence-electron chi connectivity index (χ2n) is 5.97. The lowest BCUT2D eigenvalue weighted by Crippen LogP contribution is -2.23. The van der Waals surface area contributed by atoms with Gasteiger partial charge in [0.05, 0.1) is 6.61 Å². The standard InChI is InChI=1S/C19H22N2O3/c1-3-24-15-8-6-14(7-9-15)16-12-13(2)20-18(17(16)19(22)23)21-10-4-5-11-21/h6-9,12H,3-5,10-11H2,1-2H3,(H,22,23). The van der Waals surface area contributed by atoms with Gasteiger partial charge in [0.15, 0.2) is 0 Å². The van der Waals surface area contributed by atoms with Crippen molar-refractivity contribution in [2.45, 2.75) is 26.7 Å². The Morgan fingerprint density at radius 3 is 2.50 bits per heavy atom. The van der Waals surface area contributed by atoms with Gasteiger partial charge in [-0.05, 0) is 50.5 Å². The molecule has 0 radical (unpaired) electrons. The van der Waals surface area contributed by atoms with Crippen LogP contribution < -0.4 is 9.64 Å². The van der Waals surface area contributed by atoms with Gasteiger partial charge >= 0.3 is 5.97 Å². The Morgan fingerprint density at radius 2 is 1.92 bits per heavy atom. The molecule has 5 heteroatoms. The molecule has 1 N–H and O–H groups in total. The highest BCUT2D eigenvalue weighted by Gasteiger charge is 2.25. The molecular formula is C19H22N2O3. The molecule has 0 unspecified atom stereocenters. The molecule has 0 amide bonds. The van der Waals surface area contributed by atoms with Gasteiger partial charge < -0.3 is 14.7 Å². The van der Waals surface area contributed by atoms with E-state index in [4.69, 9.17) is 4.74 Å². The third-order valence-corrected chi connectivity index (χ3v) is 4.22. The maximum absolute atomic E-state index is 12.0. The van der Waals surface area contributed by atoms with Crippen LogP contribution in [0.1, 0.15) is 35.8 Å². The number of anilines is 1. The number of pyridine rings is 1. The Hall–Kier alpha value is -2.56. The average molecular weight is 326 g/mol. The third-order valence-electron chi connectivity index (χ3n) is 4.22. The molecule has 1 aromatic carbocycles. The minimum absolute atomic E-state index is 0.284. The molecule has 0 spiro atoms. The van der Waals surface area contributed by atoms with Crippen molar-refractivity contribution in [1.82, 2.24) is 4.98 Å². The summed E-state index contributed by atoms with van der Waals surface area (Å²) in [4.78, 5) is 18.6. The first kappa shape index (κ1) is 16.3. The minimum Gasteiger partial charge on any atom is -0.494 e. The van der Waals surface area contributed by atoms with E-state index in [2.05, 4.69) is 9.88 Å². The molecule has 2 heterocycles. The molecule has 1 fully saturated rings. The van der Waals surface area contributed by atoms with E-state index < -0.39 is 5.97 Å². The Kier molecular flexibility index (Phi) is 4.69. The fourth-order valence-electron chi connectivity index (χ4n) is 3.15. The van der Waals surface area contributed by atoms with Gasteiger partial charge in [0.2, 0.25) is 0 Å². The molecule has 1 aromatic heterocycles. The highest BCUT2D eigenvalue weighted by Crippen LogP contribution is 2.33. The molecule has 3 rings (SSSR count). The number of ether oxygens (including phenoxy) is 1. The first-order valence-electron chi connectivity index (χ1n) is 8.33. The Labute approximate surface area is 141 Å². The van der Waals surface area contributed by atoms with E-state index >= 15 is 0 Å². The van der Waals surface area contributed by atoms with Gasteiger partial charge in [-0.15, -0.1) is 0 Å². The van der Waals surface area contributed by atoms with Crippen molar-refractivity contribution in [3.63, 3.8) is 0 Å². The van der Waals surface area contributed by atoms with Crippen LogP contribution in [0.4, 0.5) is 5.82 Å². The molecule has 0 aliphatic carbocycles. The summed E-state index contributed by atoms with van der Waals surface area (Å²) >= 11 is 0. The van der Waals surface area contributed by atoms with Crippen molar-refractivity contribution in [2.75, 3.05) is 24.6 Å². The molecule has 24 heavy (non-hydrogen) atoms. The number of hydrogen-bond donors (Lipinski definition) is 1. The van der Waals surface area contributed by atoms with Gasteiger partial charge in [-0.3, -0.25) is 0 Å². The molecule has 0 bridgehead atoms. The number of carboxylic acids is 1. The molecule has 5 nitrogen and oxygen atoms in total. The lowest BCUT2D eigenvalue weighted by Gasteiger charge is -2.21. The summed E-state index contributed by atoms with van der Waals surface area (Å²) in [5.74, 6) is 0.431. The van der Waals surface area contributed by atoms with E-state index in [1.54, 1.807) is 0 Å². The van der Waals surface area contributed by atoms with E-state index in [0.29, 0.717) is 18.0 Å². The molecule has 0 saturated carbocycles. The molecule has 0 atom stereocenters. The number of aryl methyl sites for hydroxylation is 1. The van der Waals surface area contributed by atoms with Gasteiger partial charge in [0, 0.05) is 24.3 Å². The molecular weight excluding hydrogens is 304 g/mol. The predicted molar refractivity (Wildman–Crippen MR) is 94.0 cm³/mol. The average Bonchev–Trinajstić information content (AvgIpc) is 3.09. The third kappa shape index (κ3) is 3.20. The highest BCUT2D eigenvalue weighted by molar-refractivity contribution is 6.01. The molecule has 1 saturated heterocycles. The van der Waals surface area contributed by atoms with E-state index in [-0.39, 0.29) is 5.56 Å². The molecule has 1 aliphatic rings. The zero-order valence-electron chi connectivity index (χ0n) is 14.1. The van der Waals surface area contributed by atoms with Crippen molar-refractivity contribution in [2.24, 2.45) is 0 Å². The summed E-state index contributed by atoms with van der Waals surface area (Å²) in [5, 5.41) is 9.81. The number of aromatic carboxylic acids is 1. The van der Waals surface area contributed by atoms with Gasteiger partial charge in [-0.1, -0.05) is 12.1 Å². The number of benzene rings is 1. The topological polar surface area (TPSA) is 62.7 Å². The van der Waals surface area contributed by atoms with Crippen LogP contribution in [0, 0.1) is 6.92 Å². The van der Waals surface area contributed by atoms with Crippen molar-refractivity contribution in [1.29, 1.82) is 0 Å². The number of aromatic nitrogens is 1. The molecule has 1 aliphatic heterocycles. The van der Waals surface area contributed by atoms with Crippen LogP contribution in [0.2, 0.25) is 0 Å². The summed E-state index contributed by atoms with van der Waals surface area (Å²) < 4.78 is 5.47. The zero-order valence-corrected chi connectivity index (χ0v) is 14.1.